The Labute approximate surface area is 132 Å². The van der Waals surface area contributed by atoms with Crippen molar-refractivity contribution >= 4 is 17.3 Å². The Balaban J connectivity index is 2.06. The van der Waals surface area contributed by atoms with Crippen LogP contribution in [0.3, 0.4) is 0 Å². The first-order valence-electron chi connectivity index (χ1n) is 8.12. The van der Waals surface area contributed by atoms with E-state index in [1.807, 2.05) is 26.2 Å². The van der Waals surface area contributed by atoms with Gasteiger partial charge >= 0.3 is 5.97 Å². The van der Waals surface area contributed by atoms with Crippen molar-refractivity contribution in [1.82, 2.24) is 4.98 Å². The van der Waals surface area contributed by atoms with E-state index in [0.29, 0.717) is 12.5 Å². The maximum Gasteiger partial charge on any atom is 0.317 e. The molecule has 0 bridgehead atoms. The summed E-state index contributed by atoms with van der Waals surface area (Å²) < 4.78 is 5.17. The van der Waals surface area contributed by atoms with E-state index in [1.165, 1.54) is 37.1 Å². The van der Waals surface area contributed by atoms with Gasteiger partial charge in [0.2, 0.25) is 0 Å². The van der Waals surface area contributed by atoms with Crippen LogP contribution in [-0.2, 0) is 14.9 Å². The molecular weight excluding hydrogens is 282 g/mol. The molecule has 0 saturated heterocycles. The summed E-state index contributed by atoms with van der Waals surface area (Å²) in [5.41, 5.74) is 0.212. The fraction of sp³-hybridized carbons (Fsp3) is 0.765. The van der Waals surface area contributed by atoms with Gasteiger partial charge in [-0.15, -0.1) is 11.3 Å². The Kier molecular flexibility index (Phi) is 5.42. The first-order chi connectivity index (χ1) is 9.98. The van der Waals surface area contributed by atoms with Gasteiger partial charge in [0.05, 0.1) is 17.3 Å². The Morgan fingerprint density at radius 1 is 1.33 bits per heavy atom. The molecule has 0 aliphatic heterocycles. The van der Waals surface area contributed by atoms with Gasteiger partial charge < -0.3 is 4.74 Å². The Bertz CT molecular complexity index is 473. The second-order valence-electron chi connectivity index (χ2n) is 6.54. The van der Waals surface area contributed by atoms with Crippen LogP contribution in [0.4, 0.5) is 0 Å². The maximum absolute atomic E-state index is 12.1. The lowest BCUT2D eigenvalue weighted by Crippen LogP contribution is -2.31. The summed E-state index contributed by atoms with van der Waals surface area (Å²) in [6, 6.07) is 0. The van der Waals surface area contributed by atoms with E-state index in [1.54, 1.807) is 11.3 Å². The monoisotopic (exact) mass is 309 g/mol. The number of hydrogen-bond acceptors (Lipinski definition) is 4. The van der Waals surface area contributed by atoms with Crippen molar-refractivity contribution in [2.75, 3.05) is 6.61 Å². The van der Waals surface area contributed by atoms with Crippen LogP contribution < -0.4 is 0 Å². The van der Waals surface area contributed by atoms with Gasteiger partial charge in [0.1, 0.15) is 5.41 Å². The van der Waals surface area contributed by atoms with Gasteiger partial charge in [0.15, 0.2) is 0 Å². The lowest BCUT2D eigenvalue weighted by atomic mass is 9.81. The quantitative estimate of drug-likeness (QED) is 0.742. The molecule has 0 unspecified atom stereocenters. The van der Waals surface area contributed by atoms with Gasteiger partial charge in [-0.2, -0.15) is 0 Å². The van der Waals surface area contributed by atoms with E-state index in [9.17, 15) is 4.79 Å². The Morgan fingerprint density at radius 3 is 2.57 bits per heavy atom. The van der Waals surface area contributed by atoms with Gasteiger partial charge in [0, 0.05) is 11.3 Å². The minimum atomic E-state index is -0.647. The van der Waals surface area contributed by atoms with E-state index in [2.05, 4.69) is 6.92 Å². The van der Waals surface area contributed by atoms with Crippen LogP contribution in [0, 0.1) is 5.92 Å². The van der Waals surface area contributed by atoms with Crippen molar-refractivity contribution in [3.63, 3.8) is 0 Å². The molecule has 1 heterocycles. The zero-order valence-electron chi connectivity index (χ0n) is 13.6. The SMILES string of the molecule is CCOC(=O)C(C)(C)c1csc(C2CCC(CC)CC2)n1. The van der Waals surface area contributed by atoms with Crippen molar-refractivity contribution in [1.29, 1.82) is 0 Å². The summed E-state index contributed by atoms with van der Waals surface area (Å²) >= 11 is 1.71. The summed E-state index contributed by atoms with van der Waals surface area (Å²) in [5, 5.41) is 3.25. The molecule has 1 aromatic heterocycles. The third-order valence-corrected chi connectivity index (χ3v) is 5.73. The van der Waals surface area contributed by atoms with Gasteiger partial charge in [-0.05, 0) is 52.4 Å². The van der Waals surface area contributed by atoms with E-state index in [4.69, 9.17) is 9.72 Å². The van der Waals surface area contributed by atoms with Crippen LogP contribution in [-0.4, -0.2) is 17.6 Å². The number of nitrogens with zero attached hydrogens (tertiary/aromatic N) is 1. The Morgan fingerprint density at radius 2 is 2.00 bits per heavy atom. The highest BCUT2D eigenvalue weighted by Gasteiger charge is 2.35. The zero-order valence-corrected chi connectivity index (χ0v) is 14.5. The molecule has 3 nitrogen and oxygen atoms in total. The van der Waals surface area contributed by atoms with Crippen LogP contribution in [0.2, 0.25) is 0 Å². The summed E-state index contributed by atoms with van der Waals surface area (Å²) in [6.45, 7) is 8.34. The van der Waals surface area contributed by atoms with Crippen molar-refractivity contribution in [2.45, 2.75) is 71.1 Å². The minimum absolute atomic E-state index is 0.184. The van der Waals surface area contributed by atoms with Crippen molar-refractivity contribution in [2.24, 2.45) is 5.92 Å². The van der Waals surface area contributed by atoms with Gasteiger partial charge in [-0.1, -0.05) is 13.3 Å². The molecule has 0 radical (unpaired) electrons. The largest absolute Gasteiger partial charge is 0.465 e. The average molecular weight is 309 g/mol. The summed E-state index contributed by atoms with van der Waals surface area (Å²) in [5.74, 6) is 1.30. The first kappa shape index (κ1) is 16.5. The van der Waals surface area contributed by atoms with Crippen LogP contribution >= 0.6 is 11.3 Å². The number of carbonyl (C=O) groups is 1. The summed E-state index contributed by atoms with van der Waals surface area (Å²) in [7, 11) is 0. The van der Waals surface area contributed by atoms with Crippen molar-refractivity contribution in [3.8, 4) is 0 Å². The number of thiazole rings is 1. The number of rotatable bonds is 5. The first-order valence-corrected chi connectivity index (χ1v) is 9.00. The van der Waals surface area contributed by atoms with Crippen LogP contribution in [0.15, 0.2) is 5.38 Å². The standard InChI is InChI=1S/C17H27NO2S/c1-5-12-7-9-13(10-8-12)15-18-14(11-21-15)17(3,4)16(19)20-6-2/h11-13H,5-10H2,1-4H3. The number of hydrogen-bond donors (Lipinski definition) is 0. The molecular formula is C17H27NO2S. The molecule has 0 amide bonds. The molecule has 0 atom stereocenters. The highest BCUT2D eigenvalue weighted by molar-refractivity contribution is 7.09. The molecule has 1 aliphatic rings. The van der Waals surface area contributed by atoms with Crippen molar-refractivity contribution < 1.29 is 9.53 Å². The minimum Gasteiger partial charge on any atom is -0.465 e. The molecule has 0 spiro atoms. The molecule has 2 rings (SSSR count). The maximum atomic E-state index is 12.1. The molecule has 0 N–H and O–H groups in total. The lowest BCUT2D eigenvalue weighted by molar-refractivity contribution is -0.148. The van der Waals surface area contributed by atoms with E-state index in [0.717, 1.165) is 11.6 Å². The molecule has 21 heavy (non-hydrogen) atoms. The number of esters is 1. The number of ether oxygens (including phenoxy) is 1. The van der Waals surface area contributed by atoms with E-state index >= 15 is 0 Å². The fourth-order valence-corrected chi connectivity index (χ4v) is 4.15. The molecule has 1 aliphatic carbocycles. The average Bonchev–Trinajstić information content (AvgIpc) is 2.98. The second-order valence-corrected chi connectivity index (χ2v) is 7.43. The normalized spacial score (nSPS) is 23.0. The third kappa shape index (κ3) is 3.65. The predicted molar refractivity (Wildman–Crippen MR) is 86.8 cm³/mol. The molecule has 1 aromatic rings. The van der Waals surface area contributed by atoms with Crippen LogP contribution in [0.25, 0.3) is 0 Å². The second kappa shape index (κ2) is 6.91. The topological polar surface area (TPSA) is 39.2 Å². The molecule has 118 valence electrons. The molecule has 4 heteroatoms. The predicted octanol–water partition coefficient (Wildman–Crippen LogP) is 4.67. The van der Waals surface area contributed by atoms with E-state index < -0.39 is 5.41 Å². The number of aromatic nitrogens is 1. The third-order valence-electron chi connectivity index (χ3n) is 4.72. The molecule has 1 fully saturated rings. The molecule has 0 aromatic carbocycles. The number of carbonyl (C=O) groups excluding carboxylic acids is 1. The molecule has 1 saturated carbocycles. The van der Waals surface area contributed by atoms with Gasteiger partial charge in [-0.25, -0.2) is 4.98 Å². The van der Waals surface area contributed by atoms with Gasteiger partial charge in [-0.3, -0.25) is 4.79 Å². The lowest BCUT2D eigenvalue weighted by Gasteiger charge is -2.26. The van der Waals surface area contributed by atoms with Crippen LogP contribution in [0.5, 0.6) is 0 Å². The smallest absolute Gasteiger partial charge is 0.317 e. The Hall–Kier alpha value is -0.900. The highest BCUT2D eigenvalue weighted by atomic mass is 32.1. The zero-order chi connectivity index (χ0) is 15.5. The van der Waals surface area contributed by atoms with Crippen LogP contribution in [0.1, 0.15) is 76.4 Å². The fourth-order valence-electron chi connectivity index (χ4n) is 3.00. The van der Waals surface area contributed by atoms with Crippen molar-refractivity contribution in [3.05, 3.63) is 16.1 Å². The van der Waals surface area contributed by atoms with Gasteiger partial charge in [0.25, 0.3) is 0 Å². The summed E-state index contributed by atoms with van der Waals surface area (Å²) in [6.07, 6.45) is 6.41. The van der Waals surface area contributed by atoms with E-state index in [-0.39, 0.29) is 5.97 Å². The highest BCUT2D eigenvalue weighted by Crippen LogP contribution is 2.39. The summed E-state index contributed by atoms with van der Waals surface area (Å²) in [4.78, 5) is 16.9.